The number of anilines is 2. The lowest BCUT2D eigenvalue weighted by Crippen LogP contribution is -2.50. The number of piperazine rings is 1. The number of urea groups is 1. The number of nitrogens with one attached hydrogen (secondary N) is 1. The van der Waals surface area contributed by atoms with Crippen molar-refractivity contribution < 1.29 is 4.79 Å². The number of benzene rings is 2. The zero-order valence-corrected chi connectivity index (χ0v) is 19.2. The van der Waals surface area contributed by atoms with Gasteiger partial charge in [0.2, 0.25) is 0 Å². The van der Waals surface area contributed by atoms with Crippen LogP contribution in [-0.4, -0.2) is 46.5 Å². The normalized spacial score (nSPS) is 14.5. The summed E-state index contributed by atoms with van der Waals surface area (Å²) in [6, 6.07) is 17.8. The van der Waals surface area contributed by atoms with Gasteiger partial charge in [-0.15, -0.1) is 0 Å². The summed E-state index contributed by atoms with van der Waals surface area (Å²) in [6.07, 6.45) is 2.07. The summed E-state index contributed by atoms with van der Waals surface area (Å²) in [5.74, 6) is 0.955. The first-order valence-electron chi connectivity index (χ1n) is 9.72. The number of carbonyl (C=O) groups is 1. The minimum absolute atomic E-state index is 0.0789. The molecule has 0 spiro atoms. The van der Waals surface area contributed by atoms with Gasteiger partial charge in [-0.2, -0.15) is 0 Å². The fourth-order valence-corrected chi connectivity index (χ4v) is 4.58. The number of hydrogen-bond donors (Lipinski definition) is 1. The molecule has 152 valence electrons. The fourth-order valence-electron chi connectivity index (χ4n) is 3.85. The molecule has 1 N–H and O–H groups in total. The van der Waals surface area contributed by atoms with E-state index in [1.807, 2.05) is 47.4 Å². The van der Waals surface area contributed by atoms with E-state index in [1.165, 1.54) is 0 Å². The Bertz CT molecular complexity index is 1250. The SMILES string of the molecule is O=C(Nc1ccccc1Br)N1CCN(c2nc3cc(Br)ccc3n3cccc23)CC1. The molecule has 1 saturated heterocycles. The second kappa shape index (κ2) is 7.92. The van der Waals surface area contributed by atoms with Crippen LogP contribution >= 0.6 is 31.9 Å². The van der Waals surface area contributed by atoms with Crippen molar-refractivity contribution in [2.75, 3.05) is 36.4 Å². The number of amides is 2. The summed E-state index contributed by atoms with van der Waals surface area (Å²) < 4.78 is 4.06. The third-order valence-corrected chi connectivity index (χ3v) is 6.57. The lowest BCUT2D eigenvalue weighted by atomic mass is 10.2. The molecular formula is C22H19Br2N5O. The number of aromatic nitrogens is 2. The van der Waals surface area contributed by atoms with Crippen LogP contribution in [0.25, 0.3) is 16.6 Å². The average Bonchev–Trinajstić information content (AvgIpc) is 3.25. The van der Waals surface area contributed by atoms with Gasteiger partial charge in [-0.1, -0.05) is 28.1 Å². The number of carbonyl (C=O) groups excluding carboxylic acids is 1. The van der Waals surface area contributed by atoms with Gasteiger partial charge in [-0.25, -0.2) is 9.78 Å². The highest BCUT2D eigenvalue weighted by molar-refractivity contribution is 9.10. The van der Waals surface area contributed by atoms with E-state index in [4.69, 9.17) is 4.98 Å². The molecule has 2 aromatic carbocycles. The summed E-state index contributed by atoms with van der Waals surface area (Å²) in [7, 11) is 0. The summed E-state index contributed by atoms with van der Waals surface area (Å²) in [4.78, 5) is 21.8. The molecule has 4 aromatic rings. The first kappa shape index (κ1) is 19.4. The molecule has 0 bridgehead atoms. The molecule has 5 rings (SSSR count). The van der Waals surface area contributed by atoms with Crippen molar-refractivity contribution in [1.29, 1.82) is 0 Å². The topological polar surface area (TPSA) is 52.9 Å². The number of hydrogen-bond acceptors (Lipinski definition) is 3. The zero-order chi connectivity index (χ0) is 20.7. The van der Waals surface area contributed by atoms with Crippen molar-refractivity contribution in [2.45, 2.75) is 0 Å². The molecule has 0 radical (unpaired) electrons. The van der Waals surface area contributed by atoms with Gasteiger partial charge < -0.3 is 19.5 Å². The van der Waals surface area contributed by atoms with Crippen molar-refractivity contribution in [1.82, 2.24) is 14.3 Å². The fraction of sp³-hybridized carbons (Fsp3) is 0.182. The summed E-state index contributed by atoms with van der Waals surface area (Å²) in [5, 5.41) is 2.99. The second-order valence-corrected chi connectivity index (χ2v) is 8.99. The smallest absolute Gasteiger partial charge is 0.321 e. The molecule has 1 fully saturated rings. The van der Waals surface area contributed by atoms with E-state index in [0.717, 1.165) is 50.1 Å². The van der Waals surface area contributed by atoms with Crippen LogP contribution in [0.1, 0.15) is 0 Å². The lowest BCUT2D eigenvalue weighted by molar-refractivity contribution is 0.208. The third-order valence-electron chi connectivity index (χ3n) is 5.38. The van der Waals surface area contributed by atoms with Gasteiger partial charge in [0.25, 0.3) is 0 Å². The van der Waals surface area contributed by atoms with Gasteiger partial charge in [-0.05, 0) is 58.4 Å². The number of fused-ring (bicyclic) bond motifs is 3. The number of nitrogens with zero attached hydrogens (tertiary/aromatic N) is 4. The van der Waals surface area contributed by atoms with Crippen LogP contribution in [0.15, 0.2) is 69.7 Å². The quantitative estimate of drug-likeness (QED) is 0.380. The average molecular weight is 529 g/mol. The maximum Gasteiger partial charge on any atom is 0.321 e. The van der Waals surface area contributed by atoms with Crippen molar-refractivity contribution in [2.24, 2.45) is 0 Å². The van der Waals surface area contributed by atoms with E-state index in [2.05, 4.69) is 64.8 Å². The highest BCUT2D eigenvalue weighted by Crippen LogP contribution is 2.28. The number of para-hydroxylation sites is 1. The first-order valence-corrected chi connectivity index (χ1v) is 11.3. The van der Waals surface area contributed by atoms with E-state index in [-0.39, 0.29) is 6.03 Å². The standard InChI is InChI=1S/C22H19Br2N5O/c23-15-7-8-19-18(14-15)25-21(20-6-3-9-29(19)20)27-10-12-28(13-11-27)22(30)26-17-5-2-1-4-16(17)24/h1-9,14H,10-13H2,(H,26,30). The highest BCUT2D eigenvalue weighted by atomic mass is 79.9. The predicted octanol–water partition coefficient (Wildman–Crippen LogP) is 5.37. The van der Waals surface area contributed by atoms with Crippen molar-refractivity contribution in [3.63, 3.8) is 0 Å². The lowest BCUT2D eigenvalue weighted by Gasteiger charge is -2.35. The molecule has 1 aliphatic heterocycles. The van der Waals surface area contributed by atoms with Crippen LogP contribution in [0, 0.1) is 0 Å². The molecule has 2 amide bonds. The molecular weight excluding hydrogens is 510 g/mol. The Morgan fingerprint density at radius 2 is 1.73 bits per heavy atom. The Hall–Kier alpha value is -2.58. The van der Waals surface area contributed by atoms with E-state index in [9.17, 15) is 4.79 Å². The molecule has 6 nitrogen and oxygen atoms in total. The van der Waals surface area contributed by atoms with Crippen LogP contribution in [0.2, 0.25) is 0 Å². The van der Waals surface area contributed by atoms with Crippen LogP contribution in [0.3, 0.4) is 0 Å². The zero-order valence-electron chi connectivity index (χ0n) is 16.1. The molecule has 1 aliphatic rings. The minimum atomic E-state index is -0.0789. The van der Waals surface area contributed by atoms with E-state index in [0.29, 0.717) is 13.1 Å². The van der Waals surface area contributed by atoms with Crippen LogP contribution in [0.4, 0.5) is 16.3 Å². The van der Waals surface area contributed by atoms with Crippen molar-refractivity contribution in [3.05, 3.63) is 69.7 Å². The first-order chi connectivity index (χ1) is 14.6. The third kappa shape index (κ3) is 3.54. The molecule has 0 aliphatic carbocycles. The highest BCUT2D eigenvalue weighted by Gasteiger charge is 2.24. The van der Waals surface area contributed by atoms with Crippen LogP contribution in [0.5, 0.6) is 0 Å². The monoisotopic (exact) mass is 527 g/mol. The van der Waals surface area contributed by atoms with Gasteiger partial charge in [0.1, 0.15) is 0 Å². The molecule has 0 unspecified atom stereocenters. The Morgan fingerprint density at radius 3 is 2.53 bits per heavy atom. The van der Waals surface area contributed by atoms with Gasteiger partial charge in [0, 0.05) is 41.3 Å². The summed E-state index contributed by atoms with van der Waals surface area (Å²) >= 11 is 7.02. The van der Waals surface area contributed by atoms with E-state index in [1.54, 1.807) is 0 Å². The predicted molar refractivity (Wildman–Crippen MR) is 127 cm³/mol. The Kier molecular flexibility index (Phi) is 5.12. The van der Waals surface area contributed by atoms with Gasteiger partial charge in [-0.3, -0.25) is 0 Å². The summed E-state index contributed by atoms with van der Waals surface area (Å²) in [5.41, 5.74) is 3.88. The maximum atomic E-state index is 12.7. The summed E-state index contributed by atoms with van der Waals surface area (Å²) in [6.45, 7) is 2.75. The molecule has 0 atom stereocenters. The Balaban J connectivity index is 1.36. The van der Waals surface area contributed by atoms with Crippen LogP contribution in [-0.2, 0) is 0 Å². The maximum absolute atomic E-state index is 12.7. The molecule has 2 aromatic heterocycles. The number of rotatable bonds is 2. The Morgan fingerprint density at radius 1 is 0.933 bits per heavy atom. The molecule has 8 heteroatoms. The van der Waals surface area contributed by atoms with Crippen molar-refractivity contribution in [3.8, 4) is 0 Å². The molecule has 30 heavy (non-hydrogen) atoms. The molecule has 0 saturated carbocycles. The minimum Gasteiger partial charge on any atom is -0.351 e. The molecule has 3 heterocycles. The Labute approximate surface area is 190 Å². The van der Waals surface area contributed by atoms with Crippen LogP contribution < -0.4 is 10.2 Å². The number of halogens is 2. The van der Waals surface area contributed by atoms with Crippen molar-refractivity contribution >= 4 is 65.9 Å². The van der Waals surface area contributed by atoms with E-state index < -0.39 is 0 Å². The van der Waals surface area contributed by atoms with E-state index >= 15 is 0 Å². The second-order valence-electron chi connectivity index (χ2n) is 7.22. The van der Waals surface area contributed by atoms with Gasteiger partial charge in [0.15, 0.2) is 5.82 Å². The largest absolute Gasteiger partial charge is 0.351 e. The van der Waals surface area contributed by atoms with Gasteiger partial charge >= 0.3 is 6.03 Å². The van der Waals surface area contributed by atoms with Gasteiger partial charge in [0.05, 0.1) is 22.2 Å².